The first kappa shape index (κ1) is 19.9. The van der Waals surface area contributed by atoms with Gasteiger partial charge in [0.15, 0.2) is 5.78 Å². The van der Waals surface area contributed by atoms with E-state index in [2.05, 4.69) is 5.32 Å². The average molecular weight is 375 g/mol. The number of carbonyl (C=O) groups excluding carboxylic acids is 2. The average Bonchev–Trinajstić information content (AvgIpc) is 2.58. The highest BCUT2D eigenvalue weighted by atomic mass is 35.5. The molecule has 0 bridgehead atoms. The molecule has 138 valence electrons. The van der Waals surface area contributed by atoms with E-state index in [1.807, 2.05) is 31.0 Å². The van der Waals surface area contributed by atoms with Gasteiger partial charge in [0.05, 0.1) is 23.9 Å². The summed E-state index contributed by atoms with van der Waals surface area (Å²) in [6, 6.07) is 12.5. The Labute approximate surface area is 158 Å². The number of likely N-dealkylation sites (N-methyl/N-ethyl adjacent to an activating group) is 1. The Balaban J connectivity index is 2.05. The standard InChI is InChI=1S/C20H23ClN2O3/c1-4-26-19-10-9-15(14(2)24)11-16(19)12-23(3)13-20(25)22-18-8-6-5-7-17(18)21/h5-11H,4,12-13H2,1-3H3,(H,22,25). The molecule has 0 fully saturated rings. The third kappa shape index (κ3) is 5.58. The summed E-state index contributed by atoms with van der Waals surface area (Å²) in [5.74, 6) is 0.547. The molecule has 0 aliphatic rings. The molecule has 6 heteroatoms. The van der Waals surface area contributed by atoms with E-state index >= 15 is 0 Å². The number of nitrogens with zero attached hydrogens (tertiary/aromatic N) is 1. The summed E-state index contributed by atoms with van der Waals surface area (Å²) in [5, 5.41) is 3.29. The Kier molecular flexibility index (Phi) is 7.18. The van der Waals surface area contributed by atoms with Gasteiger partial charge < -0.3 is 10.1 Å². The van der Waals surface area contributed by atoms with Gasteiger partial charge in [0.2, 0.25) is 5.91 Å². The minimum absolute atomic E-state index is 0.00610. The second kappa shape index (κ2) is 9.36. The Morgan fingerprint density at radius 3 is 2.58 bits per heavy atom. The summed E-state index contributed by atoms with van der Waals surface area (Å²) in [4.78, 5) is 25.7. The highest BCUT2D eigenvalue weighted by molar-refractivity contribution is 6.33. The van der Waals surface area contributed by atoms with Crippen LogP contribution in [0.4, 0.5) is 5.69 Å². The number of Topliss-reactive ketones (excluding diaryl/α,β-unsaturated/α-hetero) is 1. The lowest BCUT2D eigenvalue weighted by Crippen LogP contribution is -2.30. The number of ketones is 1. The van der Waals surface area contributed by atoms with Crippen molar-refractivity contribution < 1.29 is 14.3 Å². The quantitative estimate of drug-likeness (QED) is 0.709. The van der Waals surface area contributed by atoms with Gasteiger partial charge in [-0.3, -0.25) is 14.5 Å². The van der Waals surface area contributed by atoms with Gasteiger partial charge >= 0.3 is 0 Å². The second-order valence-corrected chi connectivity index (χ2v) is 6.42. The molecule has 0 atom stereocenters. The van der Waals surface area contributed by atoms with Gasteiger partial charge in [-0.2, -0.15) is 0 Å². The number of rotatable bonds is 8. The van der Waals surface area contributed by atoms with Gasteiger partial charge in [0.25, 0.3) is 0 Å². The van der Waals surface area contributed by atoms with Gasteiger partial charge in [0, 0.05) is 17.7 Å². The fourth-order valence-electron chi connectivity index (χ4n) is 2.56. The number of benzene rings is 2. The van der Waals surface area contributed by atoms with Crippen LogP contribution in [0.3, 0.4) is 0 Å². The summed E-state index contributed by atoms with van der Waals surface area (Å²) in [6.07, 6.45) is 0. The normalized spacial score (nSPS) is 10.7. The fourth-order valence-corrected chi connectivity index (χ4v) is 2.75. The maximum atomic E-state index is 12.3. The molecule has 5 nitrogen and oxygen atoms in total. The van der Waals surface area contributed by atoms with Crippen molar-refractivity contribution in [3.8, 4) is 5.75 Å². The van der Waals surface area contributed by atoms with Gasteiger partial charge in [-0.25, -0.2) is 0 Å². The van der Waals surface area contributed by atoms with E-state index in [9.17, 15) is 9.59 Å². The number of nitrogens with one attached hydrogen (secondary N) is 1. The van der Waals surface area contributed by atoms with E-state index in [0.717, 1.165) is 11.3 Å². The largest absolute Gasteiger partial charge is 0.494 e. The van der Waals surface area contributed by atoms with Crippen molar-refractivity contribution in [1.29, 1.82) is 0 Å². The summed E-state index contributed by atoms with van der Waals surface area (Å²) >= 11 is 6.06. The molecular formula is C20H23ClN2O3. The summed E-state index contributed by atoms with van der Waals surface area (Å²) in [6.45, 7) is 4.63. The Hall–Kier alpha value is -2.37. The summed E-state index contributed by atoms with van der Waals surface area (Å²) in [7, 11) is 1.84. The molecule has 0 radical (unpaired) electrons. The molecule has 1 amide bonds. The van der Waals surface area contributed by atoms with Crippen molar-refractivity contribution in [2.24, 2.45) is 0 Å². The predicted octanol–water partition coefficient (Wildman–Crippen LogP) is 4.01. The molecule has 0 saturated heterocycles. The van der Waals surface area contributed by atoms with Crippen LogP contribution in [0.2, 0.25) is 5.02 Å². The first-order chi connectivity index (χ1) is 12.4. The number of hydrogen-bond donors (Lipinski definition) is 1. The summed E-state index contributed by atoms with van der Waals surface area (Å²) in [5.41, 5.74) is 2.08. The van der Waals surface area contributed by atoms with Crippen LogP contribution in [0.5, 0.6) is 5.75 Å². The highest BCUT2D eigenvalue weighted by Crippen LogP contribution is 2.23. The van der Waals surface area contributed by atoms with Crippen LogP contribution in [0, 0.1) is 0 Å². The predicted molar refractivity (Wildman–Crippen MR) is 104 cm³/mol. The van der Waals surface area contributed by atoms with Crippen LogP contribution in [-0.2, 0) is 11.3 Å². The monoisotopic (exact) mass is 374 g/mol. The molecule has 0 saturated carbocycles. The third-order valence-corrected chi connectivity index (χ3v) is 4.10. The lowest BCUT2D eigenvalue weighted by Gasteiger charge is -2.19. The van der Waals surface area contributed by atoms with Crippen molar-refractivity contribution in [2.45, 2.75) is 20.4 Å². The molecule has 2 aromatic rings. The van der Waals surface area contributed by atoms with Crippen molar-refractivity contribution in [3.63, 3.8) is 0 Å². The first-order valence-electron chi connectivity index (χ1n) is 8.40. The van der Waals surface area contributed by atoms with Gasteiger partial charge in [-0.1, -0.05) is 23.7 Å². The highest BCUT2D eigenvalue weighted by Gasteiger charge is 2.13. The van der Waals surface area contributed by atoms with Crippen molar-refractivity contribution in [3.05, 3.63) is 58.6 Å². The zero-order chi connectivity index (χ0) is 19.1. The van der Waals surface area contributed by atoms with E-state index in [4.69, 9.17) is 16.3 Å². The van der Waals surface area contributed by atoms with Gasteiger partial charge in [0.1, 0.15) is 5.75 Å². The summed E-state index contributed by atoms with van der Waals surface area (Å²) < 4.78 is 5.63. The van der Waals surface area contributed by atoms with Crippen molar-refractivity contribution in [2.75, 3.05) is 25.5 Å². The molecule has 26 heavy (non-hydrogen) atoms. The van der Waals surface area contributed by atoms with Crippen molar-refractivity contribution in [1.82, 2.24) is 4.90 Å². The number of carbonyl (C=O) groups is 2. The van der Waals surface area contributed by atoms with Crippen molar-refractivity contribution >= 4 is 29.0 Å². The Bertz CT molecular complexity index is 792. The number of amides is 1. The van der Waals surface area contributed by atoms with Crippen LogP contribution in [0.25, 0.3) is 0 Å². The minimum atomic E-state index is -0.165. The molecule has 0 aromatic heterocycles. The minimum Gasteiger partial charge on any atom is -0.494 e. The van der Waals surface area contributed by atoms with Crippen LogP contribution < -0.4 is 10.1 Å². The maximum Gasteiger partial charge on any atom is 0.238 e. The van der Waals surface area contributed by atoms with Gasteiger partial charge in [-0.15, -0.1) is 0 Å². The van der Waals surface area contributed by atoms with E-state index in [0.29, 0.717) is 29.4 Å². The molecule has 0 aliphatic heterocycles. The van der Waals surface area contributed by atoms with E-state index < -0.39 is 0 Å². The lowest BCUT2D eigenvalue weighted by atomic mass is 10.1. The lowest BCUT2D eigenvalue weighted by molar-refractivity contribution is -0.117. The number of anilines is 1. The fraction of sp³-hybridized carbons (Fsp3) is 0.300. The molecule has 0 spiro atoms. The van der Waals surface area contributed by atoms with E-state index in [1.165, 1.54) is 6.92 Å². The SMILES string of the molecule is CCOc1ccc(C(C)=O)cc1CN(C)CC(=O)Nc1ccccc1Cl. The van der Waals surface area contributed by atoms with Crippen LogP contribution in [0.15, 0.2) is 42.5 Å². The van der Waals surface area contributed by atoms with Crippen LogP contribution in [-0.4, -0.2) is 36.8 Å². The van der Waals surface area contributed by atoms with Gasteiger partial charge in [-0.05, 0) is 51.2 Å². The smallest absolute Gasteiger partial charge is 0.238 e. The molecule has 0 unspecified atom stereocenters. The molecule has 0 heterocycles. The first-order valence-corrected chi connectivity index (χ1v) is 8.78. The zero-order valence-corrected chi connectivity index (χ0v) is 16.0. The third-order valence-electron chi connectivity index (χ3n) is 3.77. The number of hydrogen-bond acceptors (Lipinski definition) is 4. The topological polar surface area (TPSA) is 58.6 Å². The van der Waals surface area contributed by atoms with Crippen LogP contribution in [0.1, 0.15) is 29.8 Å². The molecule has 0 aliphatic carbocycles. The number of halogens is 1. The van der Waals surface area contributed by atoms with E-state index in [1.54, 1.807) is 30.3 Å². The number of ether oxygens (including phenoxy) is 1. The Morgan fingerprint density at radius 1 is 1.19 bits per heavy atom. The van der Waals surface area contributed by atoms with Crippen LogP contribution >= 0.6 is 11.6 Å². The number of para-hydroxylation sites is 1. The Morgan fingerprint density at radius 2 is 1.92 bits per heavy atom. The molecule has 1 N–H and O–H groups in total. The molecule has 2 aromatic carbocycles. The molecule has 2 rings (SSSR count). The maximum absolute atomic E-state index is 12.3. The second-order valence-electron chi connectivity index (χ2n) is 6.01. The molecular weight excluding hydrogens is 352 g/mol. The zero-order valence-electron chi connectivity index (χ0n) is 15.2. The van der Waals surface area contributed by atoms with E-state index in [-0.39, 0.29) is 18.2 Å².